The molecular weight excluding hydrogens is 1170 g/mol. The van der Waals surface area contributed by atoms with Crippen molar-refractivity contribution in [2.24, 2.45) is 4.99 Å². The first-order chi connectivity index (χ1) is 29.3. The number of aryl methyl sites for hydroxylation is 3. The van der Waals surface area contributed by atoms with Crippen LogP contribution < -0.4 is 31.2 Å². The molecule has 0 aliphatic rings. The molecule has 0 aliphatic carbocycles. The molecule has 2 aromatic heterocycles. The summed E-state index contributed by atoms with van der Waals surface area (Å²) >= 11 is 19.1. The zero-order valence-corrected chi connectivity index (χ0v) is 40.7. The molecule has 6 aromatic rings. The summed E-state index contributed by atoms with van der Waals surface area (Å²) in [7, 11) is 0. The third-order valence-electron chi connectivity index (χ3n) is 7.14. The third-order valence-corrected chi connectivity index (χ3v) is 7.99. The Morgan fingerprint density at radius 3 is 1.81 bits per heavy atom. The van der Waals surface area contributed by atoms with Gasteiger partial charge in [-0.15, -0.1) is 0 Å². The van der Waals surface area contributed by atoms with E-state index in [2.05, 4.69) is 85.5 Å². The maximum absolute atomic E-state index is 12.1. The number of hydrogen-bond donors (Lipinski definition) is 4. The van der Waals surface area contributed by atoms with Crippen molar-refractivity contribution in [3.8, 4) is 23.0 Å². The first-order valence-electron chi connectivity index (χ1n) is 18.3. The molecule has 0 spiro atoms. The minimum atomic E-state index is -2.56. The van der Waals surface area contributed by atoms with Crippen molar-refractivity contribution in [2.75, 3.05) is 23.3 Å². The van der Waals surface area contributed by atoms with Crippen molar-refractivity contribution in [3.05, 3.63) is 154 Å². The van der Waals surface area contributed by atoms with Gasteiger partial charge in [-0.1, -0.05) is 23.2 Å². The van der Waals surface area contributed by atoms with Crippen LogP contribution in [0.3, 0.4) is 0 Å². The van der Waals surface area contributed by atoms with Gasteiger partial charge < -0.3 is 31.2 Å². The maximum atomic E-state index is 12.1. The quantitative estimate of drug-likeness (QED) is 0.0505. The van der Waals surface area contributed by atoms with E-state index in [1.807, 2.05) is 38.2 Å². The van der Waals surface area contributed by atoms with E-state index in [4.69, 9.17) is 42.5 Å². The first kappa shape index (κ1) is 44.6. The van der Waals surface area contributed by atoms with Gasteiger partial charge in [0.1, 0.15) is 28.7 Å². The number of benzene rings is 4. The van der Waals surface area contributed by atoms with Crippen LogP contribution >= 0.6 is 83.1 Å². The van der Waals surface area contributed by atoms with Gasteiger partial charge in [0.2, 0.25) is 6.08 Å². The summed E-state index contributed by atoms with van der Waals surface area (Å²) in [6.07, 6.45) is 4.52. The van der Waals surface area contributed by atoms with Crippen LogP contribution in [-0.2, 0) is 9.72 Å². The summed E-state index contributed by atoms with van der Waals surface area (Å²) in [6.45, 7) is 3.08. The second kappa shape index (κ2) is 26.3. The van der Waals surface area contributed by atoms with Crippen LogP contribution in [0.2, 0.25) is 10.0 Å². The number of carbonyl (C=O) groups is 2. The summed E-state index contributed by atoms with van der Waals surface area (Å²) in [4.78, 5) is 44.8. The van der Waals surface area contributed by atoms with Crippen molar-refractivity contribution in [3.63, 3.8) is 0 Å². The van der Waals surface area contributed by atoms with E-state index in [0.29, 0.717) is 55.8 Å². The van der Waals surface area contributed by atoms with Gasteiger partial charge >= 0.3 is 70.9 Å². The molecular formula is C41H37Cl2I3N7O5V. The number of aliphatic imine (C=N–C) groups is 1. The standard InChI is InChI=1S/C20H18ClN3O2.C13H13N3O2.C8H6ClNO.3HI.V/c1-13-11-16(5-8-19(13)21)24-20(25)23-15-3-6-17(7-4-15)26-18-9-10-22-14(2)12-18;1-15-13(17)12-8-11(6-7-16-12)18-10-4-2-9(14)3-5-10;1-6-4-7(10-5-11)2-3-8(6)9;;;;/h3-12H,1-2H3,(H2,23,24,25);2-8H,14H2,1H3,(H,15,17);2-4H,1H3;3*1H;/q;;;;;;+3/p-3/i;1D3;;;;;. The molecule has 0 atom stereocenters. The Morgan fingerprint density at radius 2 is 1.25 bits per heavy atom. The fourth-order valence-electron chi connectivity index (χ4n) is 4.43. The average Bonchev–Trinajstić information content (AvgIpc) is 3.19. The van der Waals surface area contributed by atoms with Crippen LogP contribution in [0, 0.1) is 20.8 Å². The Kier molecular flexibility index (Phi) is 19.9. The van der Waals surface area contributed by atoms with E-state index in [1.54, 1.807) is 97.2 Å². The number of pyridine rings is 2. The molecule has 0 saturated carbocycles. The summed E-state index contributed by atoms with van der Waals surface area (Å²) in [5, 5.41) is 8.75. The monoisotopic (exact) mass is 1210 g/mol. The molecule has 2 heterocycles. The number of halogens is 5. The number of isocyanates is 1. The van der Waals surface area contributed by atoms with Crippen molar-refractivity contribution < 1.29 is 32.9 Å². The summed E-state index contributed by atoms with van der Waals surface area (Å²) < 4.78 is 32.3. The zero-order valence-electron chi connectivity index (χ0n) is 34.3. The van der Waals surface area contributed by atoms with Gasteiger partial charge in [-0.3, -0.25) is 14.8 Å². The topological polar surface area (TPSA) is 170 Å². The molecule has 4 aromatic carbocycles. The molecule has 0 saturated heterocycles. The number of hydrogen-bond acceptors (Lipinski definition) is 9. The molecule has 0 fully saturated rings. The van der Waals surface area contributed by atoms with Crippen LogP contribution in [0.15, 0.2) is 127 Å². The van der Waals surface area contributed by atoms with Gasteiger partial charge in [0.25, 0.3) is 5.91 Å². The third kappa shape index (κ3) is 19.3. The van der Waals surface area contributed by atoms with Crippen LogP contribution in [-0.4, -0.2) is 35.0 Å². The van der Waals surface area contributed by atoms with Crippen LogP contribution in [0.5, 0.6) is 23.0 Å². The number of ether oxygens (including phenoxy) is 2. The predicted molar refractivity (Wildman–Crippen MR) is 259 cm³/mol. The Hall–Kier alpha value is -3.95. The second-order valence-electron chi connectivity index (χ2n) is 11.6. The Labute approximate surface area is 394 Å². The summed E-state index contributed by atoms with van der Waals surface area (Å²) in [6, 6.07) is 30.5. The number of rotatable bonds is 8. The minimum absolute atomic E-state index is 0.0425. The predicted octanol–water partition coefficient (Wildman–Crippen LogP) is 12.9. The van der Waals surface area contributed by atoms with Crippen LogP contribution in [0.1, 0.15) is 31.4 Å². The molecule has 3 amide bonds. The van der Waals surface area contributed by atoms with Gasteiger partial charge in [-0.2, -0.15) is 4.99 Å². The number of aromatic nitrogens is 2. The summed E-state index contributed by atoms with van der Waals surface area (Å²) in [5.41, 5.74) is 10.7. The molecule has 0 bridgehead atoms. The summed E-state index contributed by atoms with van der Waals surface area (Å²) in [5.74, 6) is 1.50. The van der Waals surface area contributed by atoms with E-state index < -0.39 is 12.9 Å². The van der Waals surface area contributed by atoms with Gasteiger partial charge in [0, 0.05) is 68.4 Å². The number of urea groups is 1. The Bertz CT molecular complexity index is 2470. The molecule has 6 rings (SSSR count). The molecule has 12 nitrogen and oxygen atoms in total. The number of carbonyl (C=O) groups excluding carboxylic acids is 3. The molecule has 5 N–H and O–H groups in total. The van der Waals surface area contributed by atoms with E-state index in [0.717, 1.165) is 16.8 Å². The molecule has 0 aliphatic heterocycles. The number of nitrogens with one attached hydrogen (secondary N) is 3. The van der Waals surface area contributed by atoms with E-state index in [-0.39, 0.29) is 16.6 Å². The van der Waals surface area contributed by atoms with Gasteiger partial charge in [0.05, 0.1) is 5.69 Å². The van der Waals surface area contributed by atoms with Crippen molar-refractivity contribution in [1.29, 1.82) is 0 Å². The van der Waals surface area contributed by atoms with E-state index in [9.17, 15) is 14.4 Å². The molecule has 306 valence electrons. The molecule has 0 radical (unpaired) electrons. The Morgan fingerprint density at radius 1 is 0.729 bits per heavy atom. The van der Waals surface area contributed by atoms with Gasteiger partial charge in [0.15, 0.2) is 0 Å². The fourth-order valence-corrected chi connectivity index (χ4v) is 4.66. The van der Waals surface area contributed by atoms with Crippen molar-refractivity contribution in [2.45, 2.75) is 20.8 Å². The molecule has 18 heteroatoms. The zero-order chi connectivity index (χ0) is 45.8. The van der Waals surface area contributed by atoms with Crippen molar-refractivity contribution >= 4 is 124 Å². The average molecular weight is 1210 g/mol. The molecule has 0 unspecified atom stereocenters. The normalized spacial score (nSPS) is 10.8. The number of amides is 3. The second-order valence-corrected chi connectivity index (χ2v) is 47.8. The van der Waals surface area contributed by atoms with Gasteiger partial charge in [-0.25, -0.2) is 9.59 Å². The molecule has 59 heavy (non-hydrogen) atoms. The van der Waals surface area contributed by atoms with Gasteiger partial charge in [-0.05, 0) is 129 Å². The Balaban J connectivity index is 0.000000253. The van der Waals surface area contributed by atoms with E-state index in [1.165, 1.54) is 18.3 Å². The number of anilines is 3. The van der Waals surface area contributed by atoms with Crippen LogP contribution in [0.25, 0.3) is 0 Å². The van der Waals surface area contributed by atoms with E-state index >= 15 is 0 Å². The van der Waals surface area contributed by atoms with Crippen LogP contribution in [0.4, 0.5) is 27.5 Å². The fraction of sp³-hybridized carbons (Fsp3) is 0.0976. The van der Waals surface area contributed by atoms with Crippen molar-refractivity contribution in [1.82, 2.24) is 15.3 Å². The number of nitrogens with two attached hydrogens (primary N) is 1. The number of nitrogen functional groups attached to an aromatic ring is 1. The first-order valence-corrected chi connectivity index (χ1v) is 31.1. The SMILES string of the molecule is Cc1cc(N=C=O)ccc1Cl.Cc1cc(Oc2ccc(NC(=O)Nc3ccc(Cl)c(C)c3)cc2)ccn1.[2H]C([2H])([2H])NC(=O)c1cc(Oc2ccc(N)cc2)ccn1.[I][V]([I])[I]. The number of nitrogens with zero attached hydrogens (tertiary/aromatic N) is 3.